The molecular weight excluding hydrogens is 276 g/mol. The zero-order chi connectivity index (χ0) is 14.5. The van der Waals surface area contributed by atoms with E-state index >= 15 is 0 Å². The van der Waals surface area contributed by atoms with Gasteiger partial charge in [-0.2, -0.15) is 0 Å². The molecule has 0 spiro atoms. The SMILES string of the molecule is COc1cc(CO)ccc1OCc1ccc(C)cc1Cl. The molecule has 20 heavy (non-hydrogen) atoms. The Hall–Kier alpha value is -1.71. The number of aliphatic hydroxyl groups is 1. The Morgan fingerprint density at radius 3 is 2.55 bits per heavy atom. The van der Waals surface area contributed by atoms with Gasteiger partial charge in [-0.25, -0.2) is 0 Å². The lowest BCUT2D eigenvalue weighted by atomic mass is 10.1. The summed E-state index contributed by atoms with van der Waals surface area (Å²) in [6.45, 7) is 2.33. The molecule has 0 saturated heterocycles. The van der Waals surface area contributed by atoms with Gasteiger partial charge in [-0.15, -0.1) is 0 Å². The first kappa shape index (κ1) is 14.7. The van der Waals surface area contributed by atoms with E-state index in [4.69, 9.17) is 26.2 Å². The third kappa shape index (κ3) is 3.44. The van der Waals surface area contributed by atoms with Crippen molar-refractivity contribution in [3.05, 3.63) is 58.1 Å². The molecule has 2 aromatic rings. The fourth-order valence-electron chi connectivity index (χ4n) is 1.85. The number of hydrogen-bond donors (Lipinski definition) is 1. The molecule has 0 fully saturated rings. The molecule has 3 nitrogen and oxygen atoms in total. The van der Waals surface area contributed by atoms with Gasteiger partial charge in [0.1, 0.15) is 6.61 Å². The van der Waals surface area contributed by atoms with Crippen molar-refractivity contribution in [2.75, 3.05) is 7.11 Å². The minimum absolute atomic E-state index is 0.0274. The molecule has 0 heterocycles. The van der Waals surface area contributed by atoms with Crippen LogP contribution in [0.25, 0.3) is 0 Å². The maximum absolute atomic E-state index is 9.10. The molecule has 0 atom stereocenters. The first-order valence-corrected chi connectivity index (χ1v) is 6.67. The van der Waals surface area contributed by atoms with Crippen LogP contribution in [0.5, 0.6) is 11.5 Å². The maximum atomic E-state index is 9.10. The number of ether oxygens (including phenoxy) is 2. The standard InChI is InChI=1S/C16H17ClO3/c1-11-3-5-13(14(17)7-11)10-20-15-6-4-12(9-18)8-16(15)19-2/h3-8,18H,9-10H2,1-2H3. The molecule has 0 aromatic heterocycles. The highest BCUT2D eigenvalue weighted by Crippen LogP contribution is 2.29. The second-order valence-electron chi connectivity index (χ2n) is 4.53. The molecule has 2 rings (SSSR count). The van der Waals surface area contributed by atoms with Crippen molar-refractivity contribution < 1.29 is 14.6 Å². The second kappa shape index (κ2) is 6.64. The van der Waals surface area contributed by atoms with E-state index in [-0.39, 0.29) is 6.61 Å². The number of hydrogen-bond acceptors (Lipinski definition) is 3. The highest BCUT2D eigenvalue weighted by Gasteiger charge is 2.07. The quantitative estimate of drug-likeness (QED) is 0.912. The van der Waals surface area contributed by atoms with E-state index in [1.807, 2.05) is 25.1 Å². The smallest absolute Gasteiger partial charge is 0.161 e. The average Bonchev–Trinajstić information content (AvgIpc) is 2.46. The Kier molecular flexibility index (Phi) is 4.88. The lowest BCUT2D eigenvalue weighted by Gasteiger charge is -2.12. The third-order valence-corrected chi connectivity index (χ3v) is 3.35. The van der Waals surface area contributed by atoms with Crippen molar-refractivity contribution in [2.24, 2.45) is 0 Å². The predicted molar refractivity (Wildman–Crippen MR) is 79.4 cm³/mol. The zero-order valence-corrected chi connectivity index (χ0v) is 12.3. The van der Waals surface area contributed by atoms with Gasteiger partial charge in [0, 0.05) is 10.6 Å². The number of halogens is 1. The summed E-state index contributed by atoms with van der Waals surface area (Å²) < 4.78 is 11.0. The highest BCUT2D eigenvalue weighted by molar-refractivity contribution is 6.31. The van der Waals surface area contributed by atoms with Gasteiger partial charge in [0.15, 0.2) is 11.5 Å². The molecule has 0 amide bonds. The lowest BCUT2D eigenvalue weighted by Crippen LogP contribution is -1.99. The van der Waals surface area contributed by atoms with E-state index in [1.54, 1.807) is 25.3 Å². The molecular formula is C16H17ClO3. The minimum Gasteiger partial charge on any atom is -0.493 e. The molecule has 0 bridgehead atoms. The average molecular weight is 293 g/mol. The maximum Gasteiger partial charge on any atom is 0.161 e. The van der Waals surface area contributed by atoms with Gasteiger partial charge in [0.25, 0.3) is 0 Å². The summed E-state index contributed by atoms with van der Waals surface area (Å²) in [7, 11) is 1.57. The molecule has 0 unspecified atom stereocenters. The van der Waals surface area contributed by atoms with Crippen LogP contribution in [0.3, 0.4) is 0 Å². The Morgan fingerprint density at radius 1 is 1.10 bits per heavy atom. The van der Waals surface area contributed by atoms with Crippen molar-refractivity contribution >= 4 is 11.6 Å². The minimum atomic E-state index is -0.0274. The van der Waals surface area contributed by atoms with Crippen LogP contribution in [0.4, 0.5) is 0 Å². The number of aryl methyl sites for hydroxylation is 1. The van der Waals surface area contributed by atoms with E-state index < -0.39 is 0 Å². The van der Waals surface area contributed by atoms with Crippen LogP contribution in [0.1, 0.15) is 16.7 Å². The molecule has 4 heteroatoms. The van der Waals surface area contributed by atoms with Gasteiger partial charge in [0.05, 0.1) is 13.7 Å². The summed E-state index contributed by atoms with van der Waals surface area (Å²) in [4.78, 5) is 0. The highest BCUT2D eigenvalue weighted by atomic mass is 35.5. The molecule has 0 aliphatic rings. The number of rotatable bonds is 5. The van der Waals surface area contributed by atoms with Crippen LogP contribution in [0, 0.1) is 6.92 Å². The number of aliphatic hydroxyl groups excluding tert-OH is 1. The zero-order valence-electron chi connectivity index (χ0n) is 11.5. The summed E-state index contributed by atoms with van der Waals surface area (Å²) in [6.07, 6.45) is 0. The van der Waals surface area contributed by atoms with Crippen molar-refractivity contribution in [3.63, 3.8) is 0 Å². The Bertz CT molecular complexity index is 596. The van der Waals surface area contributed by atoms with Crippen molar-refractivity contribution in [2.45, 2.75) is 20.1 Å². The van der Waals surface area contributed by atoms with Crippen LogP contribution in [-0.4, -0.2) is 12.2 Å². The summed E-state index contributed by atoms with van der Waals surface area (Å²) >= 11 is 6.17. The van der Waals surface area contributed by atoms with Gasteiger partial charge in [-0.05, 0) is 36.2 Å². The summed E-state index contributed by atoms with van der Waals surface area (Å²) in [5.41, 5.74) is 2.82. The second-order valence-corrected chi connectivity index (χ2v) is 4.93. The third-order valence-electron chi connectivity index (χ3n) is 3.00. The fourth-order valence-corrected chi connectivity index (χ4v) is 2.14. The topological polar surface area (TPSA) is 38.7 Å². The van der Waals surface area contributed by atoms with Crippen LogP contribution < -0.4 is 9.47 Å². The largest absolute Gasteiger partial charge is 0.493 e. The van der Waals surface area contributed by atoms with Crippen molar-refractivity contribution in [1.29, 1.82) is 0 Å². The molecule has 2 aromatic carbocycles. The van der Waals surface area contributed by atoms with Crippen molar-refractivity contribution in [1.82, 2.24) is 0 Å². The fraction of sp³-hybridized carbons (Fsp3) is 0.250. The van der Waals surface area contributed by atoms with Gasteiger partial charge in [-0.1, -0.05) is 29.8 Å². The van der Waals surface area contributed by atoms with E-state index in [0.29, 0.717) is 23.1 Å². The first-order valence-electron chi connectivity index (χ1n) is 6.29. The Labute approximate surface area is 123 Å². The lowest BCUT2D eigenvalue weighted by molar-refractivity contribution is 0.274. The first-order chi connectivity index (χ1) is 9.63. The summed E-state index contributed by atoms with van der Waals surface area (Å²) in [6, 6.07) is 11.2. The summed E-state index contributed by atoms with van der Waals surface area (Å²) in [5.74, 6) is 1.22. The number of methoxy groups -OCH3 is 1. The van der Waals surface area contributed by atoms with Crippen LogP contribution >= 0.6 is 11.6 Å². The van der Waals surface area contributed by atoms with Gasteiger partial charge < -0.3 is 14.6 Å². The molecule has 0 aliphatic carbocycles. The van der Waals surface area contributed by atoms with Crippen LogP contribution in [-0.2, 0) is 13.2 Å². The van der Waals surface area contributed by atoms with Crippen molar-refractivity contribution in [3.8, 4) is 11.5 Å². The molecule has 0 aliphatic heterocycles. The Balaban J connectivity index is 2.14. The monoisotopic (exact) mass is 292 g/mol. The van der Waals surface area contributed by atoms with E-state index in [0.717, 1.165) is 16.7 Å². The molecule has 1 N–H and O–H groups in total. The van der Waals surface area contributed by atoms with E-state index in [2.05, 4.69) is 0 Å². The van der Waals surface area contributed by atoms with Gasteiger partial charge in [0.2, 0.25) is 0 Å². The Morgan fingerprint density at radius 2 is 1.90 bits per heavy atom. The van der Waals surface area contributed by atoms with E-state index in [1.165, 1.54) is 0 Å². The normalized spacial score (nSPS) is 10.4. The van der Waals surface area contributed by atoms with Crippen LogP contribution in [0.15, 0.2) is 36.4 Å². The van der Waals surface area contributed by atoms with Gasteiger partial charge in [-0.3, -0.25) is 0 Å². The van der Waals surface area contributed by atoms with Gasteiger partial charge >= 0.3 is 0 Å². The summed E-state index contributed by atoms with van der Waals surface area (Å²) in [5, 5.41) is 9.80. The molecule has 0 radical (unpaired) electrons. The number of benzene rings is 2. The molecule has 0 saturated carbocycles. The van der Waals surface area contributed by atoms with E-state index in [9.17, 15) is 0 Å². The predicted octanol–water partition coefficient (Wildman–Crippen LogP) is 3.73. The molecule has 106 valence electrons. The van der Waals surface area contributed by atoms with Crippen LogP contribution in [0.2, 0.25) is 5.02 Å².